The van der Waals surface area contributed by atoms with Gasteiger partial charge in [-0.3, -0.25) is 0 Å². The van der Waals surface area contributed by atoms with Crippen molar-refractivity contribution in [2.24, 2.45) is 11.7 Å². The molecule has 2 unspecified atom stereocenters. The van der Waals surface area contributed by atoms with Crippen LogP contribution in [0.3, 0.4) is 0 Å². The predicted octanol–water partition coefficient (Wildman–Crippen LogP) is 3.59. The molecule has 4 heteroatoms. The van der Waals surface area contributed by atoms with Crippen LogP contribution in [0.1, 0.15) is 31.7 Å². The molecular formula is C17H27BrN2O. The normalized spacial score (nSPS) is 20.3. The third kappa shape index (κ3) is 4.97. The second-order valence-corrected chi connectivity index (χ2v) is 7.02. The number of anilines is 1. The molecule has 1 aliphatic heterocycles. The lowest BCUT2D eigenvalue weighted by Gasteiger charge is -2.30. The van der Waals surface area contributed by atoms with E-state index in [-0.39, 0.29) is 6.04 Å². The van der Waals surface area contributed by atoms with E-state index in [1.165, 1.54) is 24.1 Å². The summed E-state index contributed by atoms with van der Waals surface area (Å²) in [4.78, 5) is 2.36. The van der Waals surface area contributed by atoms with Crippen LogP contribution in [-0.4, -0.2) is 32.8 Å². The lowest BCUT2D eigenvalue weighted by Crippen LogP contribution is -2.32. The molecule has 0 radical (unpaired) electrons. The largest absolute Gasteiger partial charge is 0.381 e. The van der Waals surface area contributed by atoms with Crippen LogP contribution in [-0.2, 0) is 11.2 Å². The van der Waals surface area contributed by atoms with Gasteiger partial charge in [0.1, 0.15) is 0 Å². The first-order chi connectivity index (χ1) is 10.1. The van der Waals surface area contributed by atoms with Crippen LogP contribution in [0.15, 0.2) is 22.7 Å². The van der Waals surface area contributed by atoms with Crippen molar-refractivity contribution in [1.82, 2.24) is 0 Å². The van der Waals surface area contributed by atoms with E-state index in [0.717, 1.165) is 37.1 Å². The molecule has 1 aliphatic rings. The number of benzene rings is 1. The summed E-state index contributed by atoms with van der Waals surface area (Å²) in [5.74, 6) is 0.639. The first-order valence-electron chi connectivity index (χ1n) is 7.93. The Morgan fingerprint density at radius 3 is 2.95 bits per heavy atom. The molecule has 2 atom stereocenters. The molecule has 0 bridgehead atoms. The predicted molar refractivity (Wildman–Crippen MR) is 92.9 cm³/mol. The van der Waals surface area contributed by atoms with Crippen molar-refractivity contribution in [3.05, 3.63) is 28.2 Å². The molecule has 2 N–H and O–H groups in total. The van der Waals surface area contributed by atoms with Gasteiger partial charge in [0, 0.05) is 36.4 Å². The topological polar surface area (TPSA) is 38.5 Å². The van der Waals surface area contributed by atoms with E-state index in [9.17, 15) is 0 Å². The summed E-state index contributed by atoms with van der Waals surface area (Å²) in [6, 6.07) is 6.75. The minimum absolute atomic E-state index is 0.226. The van der Waals surface area contributed by atoms with E-state index in [2.05, 4.69) is 53.0 Å². The Morgan fingerprint density at radius 2 is 2.29 bits per heavy atom. The van der Waals surface area contributed by atoms with Crippen molar-refractivity contribution in [3.63, 3.8) is 0 Å². The highest BCUT2D eigenvalue weighted by Gasteiger charge is 2.18. The van der Waals surface area contributed by atoms with Crippen molar-refractivity contribution in [3.8, 4) is 0 Å². The van der Waals surface area contributed by atoms with Crippen LogP contribution < -0.4 is 10.6 Å². The van der Waals surface area contributed by atoms with Crippen molar-refractivity contribution in [2.45, 2.75) is 38.6 Å². The van der Waals surface area contributed by atoms with Crippen molar-refractivity contribution in [1.29, 1.82) is 0 Å². The Kier molecular flexibility index (Phi) is 6.52. The molecule has 1 saturated heterocycles. The van der Waals surface area contributed by atoms with Crippen molar-refractivity contribution >= 4 is 21.6 Å². The summed E-state index contributed by atoms with van der Waals surface area (Å²) >= 11 is 3.58. The van der Waals surface area contributed by atoms with Crippen LogP contribution >= 0.6 is 15.9 Å². The monoisotopic (exact) mass is 354 g/mol. The van der Waals surface area contributed by atoms with Gasteiger partial charge < -0.3 is 15.4 Å². The molecule has 1 aromatic carbocycles. The lowest BCUT2D eigenvalue weighted by atomic mass is 9.99. The number of hydrogen-bond acceptors (Lipinski definition) is 3. The molecule has 118 valence electrons. The maximum Gasteiger partial charge on any atom is 0.0511 e. The lowest BCUT2D eigenvalue weighted by molar-refractivity contribution is 0.0576. The van der Waals surface area contributed by atoms with Crippen LogP contribution in [0.25, 0.3) is 0 Å². The van der Waals surface area contributed by atoms with Gasteiger partial charge in [0.25, 0.3) is 0 Å². The smallest absolute Gasteiger partial charge is 0.0511 e. The Morgan fingerprint density at radius 1 is 1.48 bits per heavy atom. The van der Waals surface area contributed by atoms with Crippen molar-refractivity contribution in [2.75, 3.05) is 31.7 Å². The van der Waals surface area contributed by atoms with E-state index < -0.39 is 0 Å². The maximum absolute atomic E-state index is 6.15. The van der Waals surface area contributed by atoms with E-state index >= 15 is 0 Å². The molecule has 0 aromatic heterocycles. The molecule has 0 saturated carbocycles. The summed E-state index contributed by atoms with van der Waals surface area (Å²) < 4.78 is 6.72. The Hall–Kier alpha value is -0.580. The number of halogens is 1. The van der Waals surface area contributed by atoms with Gasteiger partial charge >= 0.3 is 0 Å². The number of nitrogens with zero attached hydrogens (tertiary/aromatic N) is 1. The third-order valence-electron chi connectivity index (χ3n) is 4.25. The van der Waals surface area contributed by atoms with Gasteiger partial charge in [0.05, 0.1) is 6.61 Å². The fourth-order valence-corrected chi connectivity index (χ4v) is 3.36. The summed E-state index contributed by atoms with van der Waals surface area (Å²) in [5.41, 5.74) is 8.78. The molecule has 0 amide bonds. The number of rotatable bonds is 6. The molecule has 0 aliphatic carbocycles. The van der Waals surface area contributed by atoms with Gasteiger partial charge in [-0.1, -0.05) is 22.9 Å². The number of nitrogens with two attached hydrogens (primary N) is 1. The molecule has 1 heterocycles. The fourth-order valence-electron chi connectivity index (χ4n) is 2.95. The first-order valence-corrected chi connectivity index (χ1v) is 8.72. The highest BCUT2D eigenvalue weighted by molar-refractivity contribution is 9.10. The molecule has 0 spiro atoms. The zero-order valence-corrected chi connectivity index (χ0v) is 14.7. The zero-order chi connectivity index (χ0) is 15.2. The zero-order valence-electron chi connectivity index (χ0n) is 13.1. The average molecular weight is 355 g/mol. The van der Waals surface area contributed by atoms with Gasteiger partial charge in [-0.15, -0.1) is 0 Å². The van der Waals surface area contributed by atoms with Crippen LogP contribution in [0, 0.1) is 5.92 Å². The first kappa shape index (κ1) is 16.8. The summed E-state index contributed by atoms with van der Waals surface area (Å²) in [5, 5.41) is 0. The Bertz CT molecular complexity index is 446. The second kappa shape index (κ2) is 8.16. The highest BCUT2D eigenvalue weighted by Crippen LogP contribution is 2.27. The van der Waals surface area contributed by atoms with Crippen LogP contribution in [0.2, 0.25) is 0 Å². The minimum Gasteiger partial charge on any atom is -0.381 e. The number of ether oxygens (including phenoxy) is 1. The molecular weight excluding hydrogens is 328 g/mol. The molecule has 1 aromatic rings. The Labute approximate surface area is 137 Å². The third-order valence-corrected chi connectivity index (χ3v) is 4.74. The van der Waals surface area contributed by atoms with Crippen LogP contribution in [0.5, 0.6) is 0 Å². The summed E-state index contributed by atoms with van der Waals surface area (Å²) in [7, 11) is 2.18. The fraction of sp³-hybridized carbons (Fsp3) is 0.647. The highest BCUT2D eigenvalue weighted by atomic mass is 79.9. The van der Waals surface area contributed by atoms with E-state index in [1.807, 2.05) is 0 Å². The van der Waals surface area contributed by atoms with Gasteiger partial charge in [-0.05, 0) is 55.4 Å². The standard InChI is InChI=1S/C17H27BrN2O/c1-3-16(19)10-14-9-15(18)6-7-17(14)20(2)11-13-5-4-8-21-12-13/h6-7,9,13,16H,3-5,8,10-12,19H2,1-2H3. The maximum atomic E-state index is 6.15. The van der Waals surface area contributed by atoms with Gasteiger partial charge in [-0.2, -0.15) is 0 Å². The second-order valence-electron chi connectivity index (χ2n) is 6.11. The van der Waals surface area contributed by atoms with E-state index in [1.54, 1.807) is 0 Å². The Balaban J connectivity index is 2.09. The molecule has 2 rings (SSSR count). The minimum atomic E-state index is 0.226. The van der Waals surface area contributed by atoms with E-state index in [0.29, 0.717) is 5.92 Å². The summed E-state index contributed by atoms with van der Waals surface area (Å²) in [6.07, 6.45) is 4.39. The van der Waals surface area contributed by atoms with Crippen molar-refractivity contribution < 1.29 is 4.74 Å². The van der Waals surface area contributed by atoms with Gasteiger partial charge in [0.15, 0.2) is 0 Å². The molecule has 21 heavy (non-hydrogen) atoms. The van der Waals surface area contributed by atoms with Gasteiger partial charge in [-0.25, -0.2) is 0 Å². The van der Waals surface area contributed by atoms with E-state index in [4.69, 9.17) is 10.5 Å². The summed E-state index contributed by atoms with van der Waals surface area (Å²) in [6.45, 7) is 5.02. The molecule has 3 nitrogen and oxygen atoms in total. The quantitative estimate of drug-likeness (QED) is 0.848. The average Bonchev–Trinajstić information content (AvgIpc) is 2.48. The SMILES string of the molecule is CCC(N)Cc1cc(Br)ccc1N(C)CC1CCCOC1. The van der Waals surface area contributed by atoms with Crippen LogP contribution in [0.4, 0.5) is 5.69 Å². The number of hydrogen-bond donors (Lipinski definition) is 1. The van der Waals surface area contributed by atoms with Gasteiger partial charge in [0.2, 0.25) is 0 Å². The molecule has 1 fully saturated rings.